The average Bonchev–Trinajstić information content (AvgIpc) is 2.91. The van der Waals surface area contributed by atoms with E-state index in [1.807, 2.05) is 18.2 Å². The monoisotopic (exact) mass is 356 g/mol. The lowest BCUT2D eigenvalue weighted by Gasteiger charge is -2.21. The Morgan fingerprint density at radius 2 is 1.69 bits per heavy atom. The predicted molar refractivity (Wildman–Crippen MR) is 92.7 cm³/mol. The molecule has 136 valence electrons. The van der Waals surface area contributed by atoms with E-state index in [0.29, 0.717) is 18.5 Å². The summed E-state index contributed by atoms with van der Waals surface area (Å²) in [4.78, 5) is 50.0. The smallest absolute Gasteiger partial charge is 0.329 e. The number of allylic oxidation sites excluding steroid dienone is 2. The van der Waals surface area contributed by atoms with Gasteiger partial charge in [0.2, 0.25) is 11.8 Å². The Labute approximate surface area is 151 Å². The second kappa shape index (κ2) is 7.51. The number of nitrogens with zero attached hydrogens (tertiary/aromatic N) is 1. The van der Waals surface area contributed by atoms with Gasteiger partial charge in [-0.15, -0.1) is 0 Å². The van der Waals surface area contributed by atoms with Crippen LogP contribution in [0.2, 0.25) is 0 Å². The molecule has 0 saturated carbocycles. The lowest BCUT2D eigenvalue weighted by molar-refractivity contribution is -0.159. The van der Waals surface area contributed by atoms with Gasteiger partial charge in [0, 0.05) is 5.69 Å². The van der Waals surface area contributed by atoms with Crippen LogP contribution < -0.4 is 5.32 Å². The molecule has 1 saturated heterocycles. The van der Waals surface area contributed by atoms with Crippen LogP contribution in [-0.2, 0) is 23.9 Å². The number of nitrogens with one attached hydrogen (secondary N) is 1. The molecule has 1 aliphatic carbocycles. The number of carbonyl (C=O) groups excluding carboxylic acids is 4. The van der Waals surface area contributed by atoms with Crippen LogP contribution in [0.15, 0.2) is 42.5 Å². The lowest BCUT2D eigenvalue weighted by Crippen LogP contribution is -2.45. The standard InChI is InChI=1S/C19H20N2O5/c1-12(21-17(23)14-9-5-6-10-15(14)18(21)24)19(25)26-11-16(22)20-13-7-3-2-4-8-13/h2-8,12,14-15H,9-11H2,1H3,(H,20,22)/t12-,14-,15-/m0/s1. The quantitative estimate of drug-likeness (QED) is 0.490. The van der Waals surface area contributed by atoms with Crippen LogP contribution in [0.3, 0.4) is 0 Å². The fourth-order valence-electron chi connectivity index (χ4n) is 3.29. The van der Waals surface area contributed by atoms with E-state index in [0.717, 1.165) is 4.90 Å². The summed E-state index contributed by atoms with van der Waals surface area (Å²) in [6, 6.07) is 7.71. The molecule has 0 radical (unpaired) electrons. The minimum atomic E-state index is -1.05. The Balaban J connectivity index is 1.55. The highest BCUT2D eigenvalue weighted by molar-refractivity contribution is 6.08. The van der Waals surface area contributed by atoms with Crippen LogP contribution in [0.25, 0.3) is 0 Å². The van der Waals surface area contributed by atoms with Gasteiger partial charge in [0.1, 0.15) is 6.04 Å². The van der Waals surface area contributed by atoms with Gasteiger partial charge in [-0.05, 0) is 31.9 Å². The summed E-state index contributed by atoms with van der Waals surface area (Å²) in [5.41, 5.74) is 0.586. The minimum absolute atomic E-state index is 0.345. The van der Waals surface area contributed by atoms with Crippen LogP contribution in [0.4, 0.5) is 5.69 Å². The maximum absolute atomic E-state index is 12.5. The zero-order valence-corrected chi connectivity index (χ0v) is 14.4. The molecule has 3 atom stereocenters. The van der Waals surface area contributed by atoms with Crippen molar-refractivity contribution < 1.29 is 23.9 Å². The molecule has 1 fully saturated rings. The minimum Gasteiger partial charge on any atom is -0.454 e. The third-order valence-corrected chi connectivity index (χ3v) is 4.67. The molecule has 3 rings (SSSR count). The van der Waals surface area contributed by atoms with Crippen molar-refractivity contribution in [3.63, 3.8) is 0 Å². The summed E-state index contributed by atoms with van der Waals surface area (Å²) in [6.45, 7) is 0.959. The Morgan fingerprint density at radius 3 is 2.27 bits per heavy atom. The van der Waals surface area contributed by atoms with E-state index < -0.39 is 36.4 Å². The van der Waals surface area contributed by atoms with E-state index in [4.69, 9.17) is 4.74 Å². The van der Waals surface area contributed by atoms with Crippen LogP contribution >= 0.6 is 0 Å². The normalized spacial score (nSPS) is 22.7. The molecule has 1 N–H and O–H groups in total. The van der Waals surface area contributed by atoms with E-state index >= 15 is 0 Å². The van der Waals surface area contributed by atoms with Gasteiger partial charge in [-0.25, -0.2) is 4.79 Å². The number of carbonyl (C=O) groups is 4. The first-order valence-electron chi connectivity index (χ1n) is 8.52. The number of para-hydroxylation sites is 1. The second-order valence-corrected chi connectivity index (χ2v) is 6.40. The predicted octanol–water partition coefficient (Wildman–Crippen LogP) is 1.51. The Morgan fingerprint density at radius 1 is 1.12 bits per heavy atom. The van der Waals surface area contributed by atoms with E-state index in [9.17, 15) is 19.2 Å². The van der Waals surface area contributed by atoms with E-state index in [-0.39, 0.29) is 11.8 Å². The van der Waals surface area contributed by atoms with Crippen molar-refractivity contribution in [3.05, 3.63) is 42.5 Å². The number of hydrogen-bond acceptors (Lipinski definition) is 5. The number of hydrogen-bond donors (Lipinski definition) is 1. The van der Waals surface area contributed by atoms with Gasteiger partial charge in [-0.1, -0.05) is 30.4 Å². The summed E-state index contributed by atoms with van der Waals surface area (Å²) >= 11 is 0. The van der Waals surface area contributed by atoms with Gasteiger partial charge in [0.15, 0.2) is 6.61 Å². The number of ether oxygens (including phenoxy) is 1. The van der Waals surface area contributed by atoms with E-state index in [2.05, 4.69) is 5.32 Å². The van der Waals surface area contributed by atoms with Gasteiger partial charge < -0.3 is 10.1 Å². The molecule has 26 heavy (non-hydrogen) atoms. The fourth-order valence-corrected chi connectivity index (χ4v) is 3.29. The molecule has 1 heterocycles. The van der Waals surface area contributed by atoms with E-state index in [1.54, 1.807) is 24.3 Å². The first-order chi connectivity index (χ1) is 12.5. The molecule has 7 heteroatoms. The molecule has 0 unspecified atom stereocenters. The Kier molecular flexibility index (Phi) is 5.16. The van der Waals surface area contributed by atoms with Crippen molar-refractivity contribution in [2.24, 2.45) is 11.8 Å². The highest BCUT2D eigenvalue weighted by atomic mass is 16.5. The van der Waals surface area contributed by atoms with Gasteiger partial charge in [-0.3, -0.25) is 19.3 Å². The Bertz CT molecular complexity index is 732. The summed E-state index contributed by atoms with van der Waals surface area (Å²) in [7, 11) is 0. The second-order valence-electron chi connectivity index (χ2n) is 6.40. The van der Waals surface area contributed by atoms with Crippen molar-refractivity contribution >= 4 is 29.4 Å². The van der Waals surface area contributed by atoms with Crippen molar-refractivity contribution in [1.29, 1.82) is 0 Å². The van der Waals surface area contributed by atoms with Crippen LogP contribution in [-0.4, -0.2) is 41.2 Å². The number of rotatable bonds is 5. The third-order valence-electron chi connectivity index (χ3n) is 4.67. The molecule has 7 nitrogen and oxygen atoms in total. The number of benzene rings is 1. The van der Waals surface area contributed by atoms with Crippen LogP contribution in [0.1, 0.15) is 19.8 Å². The number of likely N-dealkylation sites (tertiary alicyclic amines) is 1. The number of anilines is 1. The number of esters is 1. The van der Waals surface area contributed by atoms with Crippen LogP contribution in [0, 0.1) is 11.8 Å². The maximum atomic E-state index is 12.5. The van der Waals surface area contributed by atoms with Crippen molar-refractivity contribution in [3.8, 4) is 0 Å². The fraction of sp³-hybridized carbons (Fsp3) is 0.368. The van der Waals surface area contributed by atoms with Gasteiger partial charge in [0.05, 0.1) is 11.8 Å². The number of fused-ring (bicyclic) bond motifs is 1. The summed E-state index contributed by atoms with van der Waals surface area (Å²) in [6.07, 6.45) is 4.78. The van der Waals surface area contributed by atoms with Crippen LogP contribution in [0.5, 0.6) is 0 Å². The van der Waals surface area contributed by atoms with Gasteiger partial charge in [0.25, 0.3) is 5.91 Å². The highest BCUT2D eigenvalue weighted by Crippen LogP contribution is 2.36. The number of imide groups is 1. The average molecular weight is 356 g/mol. The van der Waals surface area contributed by atoms with Crippen molar-refractivity contribution in [1.82, 2.24) is 4.90 Å². The topological polar surface area (TPSA) is 92.8 Å². The molecule has 0 bridgehead atoms. The molecule has 2 aliphatic rings. The first-order valence-corrected chi connectivity index (χ1v) is 8.52. The summed E-state index contributed by atoms with van der Waals surface area (Å²) < 4.78 is 4.99. The first kappa shape index (κ1) is 17.8. The molecule has 1 aliphatic heterocycles. The largest absolute Gasteiger partial charge is 0.454 e. The van der Waals surface area contributed by atoms with Gasteiger partial charge >= 0.3 is 5.97 Å². The van der Waals surface area contributed by atoms with Crippen molar-refractivity contribution in [2.75, 3.05) is 11.9 Å². The van der Waals surface area contributed by atoms with Crippen molar-refractivity contribution in [2.45, 2.75) is 25.8 Å². The zero-order chi connectivity index (χ0) is 18.7. The maximum Gasteiger partial charge on any atom is 0.329 e. The SMILES string of the molecule is C[C@@H](C(=O)OCC(=O)Nc1ccccc1)N1C(=O)[C@H]2CC=CC[C@@H]2C1=O. The zero-order valence-electron chi connectivity index (χ0n) is 14.4. The molecule has 1 aromatic carbocycles. The summed E-state index contributed by atoms with van der Waals surface area (Å²) in [5.74, 6) is -2.76. The molecule has 1 aromatic rings. The number of amides is 3. The highest BCUT2D eigenvalue weighted by Gasteiger charge is 2.50. The van der Waals surface area contributed by atoms with E-state index in [1.165, 1.54) is 6.92 Å². The molecule has 0 aromatic heterocycles. The van der Waals surface area contributed by atoms with Gasteiger partial charge in [-0.2, -0.15) is 0 Å². The molecule has 0 spiro atoms. The molecular formula is C19H20N2O5. The third kappa shape index (κ3) is 3.51. The summed E-state index contributed by atoms with van der Waals surface area (Å²) in [5, 5.41) is 2.59. The lowest BCUT2D eigenvalue weighted by atomic mass is 9.85. The molecular weight excluding hydrogens is 336 g/mol. The Hall–Kier alpha value is -2.96. The molecule has 3 amide bonds.